The van der Waals surface area contributed by atoms with Gasteiger partial charge in [-0.05, 0) is 0 Å². The van der Waals surface area contributed by atoms with Gasteiger partial charge in [0.05, 0.1) is 0 Å². The van der Waals surface area contributed by atoms with Gasteiger partial charge < -0.3 is 0 Å². The second-order valence-electron chi connectivity index (χ2n) is 9.15. The van der Waals surface area contributed by atoms with Crippen LogP contribution in [0.1, 0.15) is 84.8 Å². The van der Waals surface area contributed by atoms with Gasteiger partial charge in [0.25, 0.3) is 0 Å². The van der Waals surface area contributed by atoms with Crippen LogP contribution < -0.4 is 3.71 Å². The average molecular weight is 517 g/mol. The van der Waals surface area contributed by atoms with Gasteiger partial charge in [0.1, 0.15) is 0 Å². The van der Waals surface area contributed by atoms with Crippen LogP contribution in [-0.2, 0) is 4.74 Å². The molecule has 4 heteroatoms. The molecule has 1 unspecified atom stereocenters. The number of aromatic nitrogens is 2. The van der Waals surface area contributed by atoms with E-state index in [-0.39, 0.29) is 6.23 Å². The molecule has 0 radical (unpaired) electrons. The Kier molecular flexibility index (Phi) is 9.76. The van der Waals surface area contributed by atoms with Crippen molar-refractivity contribution in [2.75, 3.05) is 6.61 Å². The normalized spacial score (nSPS) is 17.4. The summed E-state index contributed by atoms with van der Waals surface area (Å²) < 4.78 is 14.3. The van der Waals surface area contributed by atoms with E-state index in [1.54, 1.807) is 3.71 Å². The summed E-state index contributed by atoms with van der Waals surface area (Å²) in [5, 5.41) is 5.43. The van der Waals surface area contributed by atoms with E-state index in [4.69, 9.17) is 9.84 Å². The van der Waals surface area contributed by atoms with Crippen molar-refractivity contribution >= 4 is 22.1 Å². The molecule has 3 rings (SSSR count). The summed E-state index contributed by atoms with van der Waals surface area (Å²) >= 11 is -2.65. The topological polar surface area (TPSA) is 27.1 Å². The van der Waals surface area contributed by atoms with Crippen LogP contribution in [0.4, 0.5) is 0 Å². The van der Waals surface area contributed by atoms with E-state index in [2.05, 4.69) is 62.0 Å². The first kappa shape index (κ1) is 23.8. The monoisotopic (exact) mass is 518 g/mol. The second-order valence-corrected chi connectivity index (χ2v) is 22.1. The zero-order valence-corrected chi connectivity index (χ0v) is 22.4. The molecule has 2 aromatic rings. The fourth-order valence-electron chi connectivity index (χ4n) is 4.97. The van der Waals surface area contributed by atoms with Crippen molar-refractivity contribution in [1.82, 2.24) is 9.78 Å². The third-order valence-electron chi connectivity index (χ3n) is 6.80. The Bertz CT molecular complexity index is 715. The zero-order chi connectivity index (χ0) is 21.2. The maximum atomic E-state index is 6.15. The molecule has 166 valence electrons. The number of rotatable bonds is 12. The summed E-state index contributed by atoms with van der Waals surface area (Å²) in [6, 6.07) is 11.0. The number of benzene rings is 1. The van der Waals surface area contributed by atoms with Crippen molar-refractivity contribution in [3.8, 4) is 11.1 Å². The van der Waals surface area contributed by atoms with Gasteiger partial charge in [-0.1, -0.05) is 0 Å². The molecule has 1 aromatic carbocycles. The van der Waals surface area contributed by atoms with E-state index in [0.717, 1.165) is 13.0 Å². The van der Waals surface area contributed by atoms with Gasteiger partial charge >= 0.3 is 189 Å². The zero-order valence-electron chi connectivity index (χ0n) is 19.5. The summed E-state index contributed by atoms with van der Waals surface area (Å²) in [5.41, 5.74) is 2.77. The number of nitrogens with zero attached hydrogens (tertiary/aromatic N) is 2. The van der Waals surface area contributed by atoms with E-state index in [1.165, 1.54) is 75.8 Å². The molecule has 0 bridgehead atoms. The molecule has 2 heterocycles. The van der Waals surface area contributed by atoms with Crippen LogP contribution in [-0.4, -0.2) is 34.8 Å². The standard InChI is InChI=1S/C14H15N2O.3C4H9.Sn/c1-2-6-12(7-3-1)13-10-15-16(11-13)14-8-4-5-9-17-14;3*1-3-4-2;/h1-3,6-7,11,14H,4-5,8-9H2;3*1,3-4H2,2H3;. The van der Waals surface area contributed by atoms with Crippen molar-refractivity contribution in [3.05, 3.63) is 36.5 Å². The van der Waals surface area contributed by atoms with Crippen LogP contribution >= 0.6 is 0 Å². The molecule has 1 atom stereocenters. The fourth-order valence-corrected chi connectivity index (χ4v) is 21.1. The molecule has 0 N–H and O–H groups in total. The molecular weight excluding hydrogens is 475 g/mol. The van der Waals surface area contributed by atoms with E-state index in [0.29, 0.717) is 0 Å². The Morgan fingerprint density at radius 3 is 2.10 bits per heavy atom. The number of ether oxygens (including phenoxy) is 1. The SMILES string of the molecule is CCC[CH2][Sn]([CH2]CCC)([CH2]CCC)[c]1nn(C2CCCCO2)cc1-c1ccccc1. The summed E-state index contributed by atoms with van der Waals surface area (Å²) in [6.45, 7) is 7.92. The summed E-state index contributed by atoms with van der Waals surface area (Å²) in [7, 11) is 0. The summed E-state index contributed by atoms with van der Waals surface area (Å²) in [4.78, 5) is 0. The van der Waals surface area contributed by atoms with Gasteiger partial charge in [-0.2, -0.15) is 0 Å². The Hall–Kier alpha value is -0.811. The first-order chi connectivity index (χ1) is 14.7. The molecule has 1 aromatic heterocycles. The number of unbranched alkanes of at least 4 members (excludes halogenated alkanes) is 3. The van der Waals surface area contributed by atoms with Gasteiger partial charge in [0.15, 0.2) is 0 Å². The first-order valence-corrected chi connectivity index (χ1v) is 20.0. The minimum absolute atomic E-state index is 0.127. The van der Waals surface area contributed by atoms with Crippen molar-refractivity contribution in [1.29, 1.82) is 0 Å². The molecule has 1 aliphatic heterocycles. The van der Waals surface area contributed by atoms with Crippen LogP contribution in [0.3, 0.4) is 0 Å². The molecule has 1 aliphatic rings. The minimum atomic E-state index is -2.65. The van der Waals surface area contributed by atoms with Crippen molar-refractivity contribution in [2.24, 2.45) is 0 Å². The van der Waals surface area contributed by atoms with Gasteiger partial charge in [-0.25, -0.2) is 0 Å². The fraction of sp³-hybridized carbons (Fsp3) is 0.654. The Labute approximate surface area is 188 Å². The molecule has 30 heavy (non-hydrogen) atoms. The summed E-state index contributed by atoms with van der Waals surface area (Å²) in [5.74, 6) is 0. The molecule has 0 saturated carbocycles. The van der Waals surface area contributed by atoms with Gasteiger partial charge in [-0.15, -0.1) is 0 Å². The Balaban J connectivity index is 2.09. The van der Waals surface area contributed by atoms with Crippen molar-refractivity contribution in [2.45, 2.75) is 98.1 Å². The Morgan fingerprint density at radius 2 is 1.57 bits per heavy atom. The quantitative estimate of drug-likeness (QED) is 0.276. The molecular formula is C26H42N2OSn. The predicted molar refractivity (Wildman–Crippen MR) is 131 cm³/mol. The first-order valence-electron chi connectivity index (χ1n) is 12.5. The molecule has 0 aliphatic carbocycles. The summed E-state index contributed by atoms with van der Waals surface area (Å²) in [6.07, 6.45) is 14.0. The van der Waals surface area contributed by atoms with E-state index in [1.807, 2.05) is 0 Å². The molecule has 0 amide bonds. The number of hydrogen-bond donors (Lipinski definition) is 0. The average Bonchev–Trinajstić information content (AvgIpc) is 3.26. The predicted octanol–water partition coefficient (Wildman–Crippen LogP) is 7.31. The van der Waals surface area contributed by atoms with Crippen LogP contribution in [0.2, 0.25) is 13.3 Å². The van der Waals surface area contributed by atoms with Crippen LogP contribution in [0.25, 0.3) is 11.1 Å². The van der Waals surface area contributed by atoms with Crippen molar-refractivity contribution < 1.29 is 4.74 Å². The van der Waals surface area contributed by atoms with Crippen molar-refractivity contribution in [3.63, 3.8) is 0 Å². The van der Waals surface area contributed by atoms with Gasteiger partial charge in [0.2, 0.25) is 0 Å². The van der Waals surface area contributed by atoms with Gasteiger partial charge in [-0.3, -0.25) is 0 Å². The third kappa shape index (κ3) is 5.91. The second kappa shape index (κ2) is 12.3. The molecule has 1 saturated heterocycles. The molecule has 0 spiro atoms. The third-order valence-corrected chi connectivity index (χ3v) is 21.9. The molecule has 3 nitrogen and oxygen atoms in total. The Morgan fingerprint density at radius 1 is 0.933 bits per heavy atom. The number of hydrogen-bond acceptors (Lipinski definition) is 2. The van der Waals surface area contributed by atoms with E-state index < -0.39 is 18.4 Å². The molecule has 1 fully saturated rings. The van der Waals surface area contributed by atoms with Crippen LogP contribution in [0, 0.1) is 0 Å². The van der Waals surface area contributed by atoms with E-state index >= 15 is 0 Å². The maximum absolute atomic E-state index is 6.15. The van der Waals surface area contributed by atoms with E-state index in [9.17, 15) is 0 Å². The van der Waals surface area contributed by atoms with Gasteiger partial charge in [0, 0.05) is 0 Å². The van der Waals surface area contributed by atoms with Crippen LogP contribution in [0.15, 0.2) is 36.5 Å². The van der Waals surface area contributed by atoms with Crippen LogP contribution in [0.5, 0.6) is 0 Å².